The molecule has 2 N–H and O–H groups in total. The fourth-order valence-electron chi connectivity index (χ4n) is 4.04. The van der Waals surface area contributed by atoms with Gasteiger partial charge >= 0.3 is 6.03 Å². The lowest BCUT2D eigenvalue weighted by Crippen LogP contribution is -2.63. The van der Waals surface area contributed by atoms with Crippen molar-refractivity contribution in [2.45, 2.75) is 51.4 Å². The first kappa shape index (κ1) is 17.2. The van der Waals surface area contributed by atoms with Crippen LogP contribution < -0.4 is 5.32 Å². The van der Waals surface area contributed by atoms with Gasteiger partial charge in [0.15, 0.2) is 0 Å². The number of carbonyl (C=O) groups excluding carboxylic acids is 1. The lowest BCUT2D eigenvalue weighted by atomic mass is 9.58. The molecule has 24 heavy (non-hydrogen) atoms. The van der Waals surface area contributed by atoms with Crippen LogP contribution >= 0.6 is 0 Å². The molecule has 1 aromatic carbocycles. The van der Waals surface area contributed by atoms with Crippen LogP contribution in [0.2, 0.25) is 0 Å². The summed E-state index contributed by atoms with van der Waals surface area (Å²) >= 11 is 0. The van der Waals surface area contributed by atoms with Crippen LogP contribution in [-0.2, 0) is 4.74 Å². The number of benzene rings is 1. The number of rotatable bonds is 4. The summed E-state index contributed by atoms with van der Waals surface area (Å²) < 4.78 is 5.78. The number of hydrogen-bond donors (Lipinski definition) is 2. The highest BCUT2D eigenvalue weighted by Gasteiger charge is 2.56. The Labute approximate surface area is 144 Å². The average molecular weight is 332 g/mol. The molecule has 3 atom stereocenters. The van der Waals surface area contributed by atoms with E-state index in [9.17, 15) is 9.90 Å². The van der Waals surface area contributed by atoms with E-state index in [2.05, 4.69) is 5.32 Å². The zero-order chi connectivity index (χ0) is 17.2. The molecule has 1 aliphatic carbocycles. The maximum atomic E-state index is 12.5. The molecule has 3 rings (SSSR count). The number of nitrogens with one attached hydrogen (secondary N) is 1. The van der Waals surface area contributed by atoms with Crippen molar-refractivity contribution in [3.05, 3.63) is 35.9 Å². The Kier molecular flexibility index (Phi) is 5.11. The van der Waals surface area contributed by atoms with Crippen molar-refractivity contribution in [2.24, 2.45) is 5.41 Å². The Bertz CT molecular complexity index is 553. The van der Waals surface area contributed by atoms with Gasteiger partial charge in [-0.2, -0.15) is 0 Å². The molecule has 132 valence electrons. The van der Waals surface area contributed by atoms with E-state index in [1.54, 1.807) is 0 Å². The van der Waals surface area contributed by atoms with E-state index in [0.717, 1.165) is 24.8 Å². The number of urea groups is 1. The second-order valence-electron chi connectivity index (χ2n) is 7.00. The highest BCUT2D eigenvalue weighted by Crippen LogP contribution is 2.50. The molecular formula is C19H28N2O3. The third-order valence-electron chi connectivity index (χ3n) is 5.73. The van der Waals surface area contributed by atoms with Gasteiger partial charge in [0.25, 0.3) is 0 Å². The number of ether oxygens (including phenoxy) is 1. The molecule has 5 heteroatoms. The van der Waals surface area contributed by atoms with Gasteiger partial charge in [-0.15, -0.1) is 0 Å². The Morgan fingerprint density at radius 2 is 2.04 bits per heavy atom. The first-order valence-corrected chi connectivity index (χ1v) is 8.97. The van der Waals surface area contributed by atoms with Crippen LogP contribution in [0.15, 0.2) is 30.3 Å². The summed E-state index contributed by atoms with van der Waals surface area (Å²) in [5.74, 6) is 0. The summed E-state index contributed by atoms with van der Waals surface area (Å²) in [6, 6.07) is 9.94. The minimum Gasteiger partial charge on any atom is -0.392 e. The van der Waals surface area contributed by atoms with E-state index in [1.807, 2.05) is 49.1 Å². The first-order chi connectivity index (χ1) is 11.6. The van der Waals surface area contributed by atoms with Crippen LogP contribution in [0.1, 0.15) is 44.7 Å². The second kappa shape index (κ2) is 7.11. The summed E-state index contributed by atoms with van der Waals surface area (Å²) in [6.45, 7) is 6.02. The summed E-state index contributed by atoms with van der Waals surface area (Å²) in [5.41, 5.74) is 0.961. The van der Waals surface area contributed by atoms with Crippen molar-refractivity contribution in [1.29, 1.82) is 0 Å². The molecule has 0 unspecified atom stereocenters. The van der Waals surface area contributed by atoms with Gasteiger partial charge in [0, 0.05) is 31.5 Å². The maximum Gasteiger partial charge on any atom is 0.317 e. The van der Waals surface area contributed by atoms with E-state index in [-0.39, 0.29) is 29.7 Å². The number of aliphatic hydroxyl groups is 1. The van der Waals surface area contributed by atoms with Gasteiger partial charge in [0.2, 0.25) is 0 Å². The zero-order valence-electron chi connectivity index (χ0n) is 14.6. The zero-order valence-corrected chi connectivity index (χ0v) is 14.6. The quantitative estimate of drug-likeness (QED) is 0.891. The van der Waals surface area contributed by atoms with E-state index in [1.165, 1.54) is 0 Å². The number of nitrogens with zero attached hydrogens (tertiary/aromatic N) is 1. The SMILES string of the molecule is CCO[C@@H]1C[C@@H](O)C12CCN(C(=O)N[C@@H](C)c1ccccc1)CC2. The molecule has 1 aromatic rings. The number of amides is 2. The summed E-state index contributed by atoms with van der Waals surface area (Å²) in [6.07, 6.45) is 2.21. The summed E-state index contributed by atoms with van der Waals surface area (Å²) in [7, 11) is 0. The lowest BCUT2D eigenvalue weighted by Gasteiger charge is -2.56. The monoisotopic (exact) mass is 332 g/mol. The Balaban J connectivity index is 1.54. The summed E-state index contributed by atoms with van der Waals surface area (Å²) in [5, 5.41) is 13.3. The number of carbonyl (C=O) groups is 1. The van der Waals surface area contributed by atoms with Crippen molar-refractivity contribution in [1.82, 2.24) is 10.2 Å². The van der Waals surface area contributed by atoms with Crippen LogP contribution in [0.25, 0.3) is 0 Å². The molecule has 2 fully saturated rings. The minimum atomic E-state index is -0.289. The van der Waals surface area contributed by atoms with Crippen molar-refractivity contribution in [2.75, 3.05) is 19.7 Å². The lowest BCUT2D eigenvalue weighted by molar-refractivity contribution is -0.207. The van der Waals surface area contributed by atoms with Crippen molar-refractivity contribution in [3.8, 4) is 0 Å². The molecule has 1 aliphatic heterocycles. The van der Waals surface area contributed by atoms with E-state index in [0.29, 0.717) is 19.7 Å². The number of aliphatic hydroxyl groups excluding tert-OH is 1. The highest BCUT2D eigenvalue weighted by atomic mass is 16.5. The average Bonchev–Trinajstić information content (AvgIpc) is 2.62. The predicted molar refractivity (Wildman–Crippen MR) is 92.7 cm³/mol. The third kappa shape index (κ3) is 3.15. The topological polar surface area (TPSA) is 61.8 Å². The Morgan fingerprint density at radius 3 is 2.62 bits per heavy atom. The molecule has 1 heterocycles. The Morgan fingerprint density at radius 1 is 1.38 bits per heavy atom. The molecule has 1 spiro atoms. The van der Waals surface area contributed by atoms with Gasteiger partial charge in [-0.25, -0.2) is 4.79 Å². The van der Waals surface area contributed by atoms with Crippen LogP contribution in [-0.4, -0.2) is 47.9 Å². The van der Waals surface area contributed by atoms with Gasteiger partial charge in [0.1, 0.15) is 0 Å². The molecular weight excluding hydrogens is 304 g/mol. The predicted octanol–water partition coefficient (Wildman–Crippen LogP) is 2.71. The molecule has 0 bridgehead atoms. The molecule has 0 radical (unpaired) electrons. The normalized spacial score (nSPS) is 26.7. The smallest absolute Gasteiger partial charge is 0.317 e. The fourth-order valence-corrected chi connectivity index (χ4v) is 4.04. The maximum absolute atomic E-state index is 12.5. The number of piperidine rings is 1. The van der Waals surface area contributed by atoms with Crippen molar-refractivity contribution >= 4 is 6.03 Å². The molecule has 2 amide bonds. The van der Waals surface area contributed by atoms with Crippen LogP contribution in [0.5, 0.6) is 0 Å². The first-order valence-electron chi connectivity index (χ1n) is 8.97. The fraction of sp³-hybridized carbons (Fsp3) is 0.632. The molecule has 5 nitrogen and oxygen atoms in total. The van der Waals surface area contributed by atoms with E-state index < -0.39 is 0 Å². The molecule has 1 saturated carbocycles. The van der Waals surface area contributed by atoms with Gasteiger partial charge in [-0.3, -0.25) is 0 Å². The van der Waals surface area contributed by atoms with Gasteiger partial charge in [0.05, 0.1) is 18.2 Å². The molecule has 2 aliphatic rings. The van der Waals surface area contributed by atoms with Crippen molar-refractivity contribution < 1.29 is 14.6 Å². The van der Waals surface area contributed by atoms with Crippen LogP contribution in [0, 0.1) is 5.41 Å². The van der Waals surface area contributed by atoms with E-state index >= 15 is 0 Å². The van der Waals surface area contributed by atoms with Crippen LogP contribution in [0.4, 0.5) is 4.79 Å². The molecule has 0 aromatic heterocycles. The largest absolute Gasteiger partial charge is 0.392 e. The van der Waals surface area contributed by atoms with Gasteiger partial charge < -0.3 is 20.1 Å². The van der Waals surface area contributed by atoms with Gasteiger partial charge in [-0.05, 0) is 32.3 Å². The van der Waals surface area contributed by atoms with Gasteiger partial charge in [-0.1, -0.05) is 30.3 Å². The second-order valence-corrected chi connectivity index (χ2v) is 7.00. The standard InChI is InChI=1S/C19H28N2O3/c1-3-24-17-13-16(22)19(17)9-11-21(12-10-19)18(23)20-14(2)15-7-5-4-6-8-15/h4-8,14,16-17,22H,3,9-13H2,1-2H3,(H,20,23)/t14-,16+,17+/m0/s1. The Hall–Kier alpha value is -1.59. The van der Waals surface area contributed by atoms with Crippen molar-refractivity contribution in [3.63, 3.8) is 0 Å². The summed E-state index contributed by atoms with van der Waals surface area (Å²) in [4.78, 5) is 14.4. The highest BCUT2D eigenvalue weighted by molar-refractivity contribution is 5.74. The molecule has 1 saturated heterocycles. The van der Waals surface area contributed by atoms with E-state index in [4.69, 9.17) is 4.74 Å². The third-order valence-corrected chi connectivity index (χ3v) is 5.73. The van der Waals surface area contributed by atoms with Crippen LogP contribution in [0.3, 0.4) is 0 Å². The number of likely N-dealkylation sites (tertiary alicyclic amines) is 1. The number of hydrogen-bond acceptors (Lipinski definition) is 3. The minimum absolute atomic E-state index is 0.0138.